The van der Waals surface area contributed by atoms with Gasteiger partial charge in [-0.15, -0.1) is 0 Å². The highest BCUT2D eigenvalue weighted by molar-refractivity contribution is 5.87. The molecule has 2 aromatic rings. The van der Waals surface area contributed by atoms with Gasteiger partial charge in [0.25, 0.3) is 5.56 Å². The standard InChI is InChI=1S/C16H16FNO3/c1-3-14-10(2)8-13(16(20)21)15(19)18(14)9-11-4-6-12(17)7-5-11/h4-8H,3,9H2,1-2H3,(H,20,21). The van der Waals surface area contributed by atoms with Gasteiger partial charge in [0, 0.05) is 5.69 Å². The summed E-state index contributed by atoms with van der Waals surface area (Å²) in [5.74, 6) is -1.59. The number of aryl methyl sites for hydroxylation is 1. The fourth-order valence-corrected chi connectivity index (χ4v) is 2.40. The van der Waals surface area contributed by atoms with E-state index >= 15 is 0 Å². The Balaban J connectivity index is 2.57. The van der Waals surface area contributed by atoms with Crippen molar-refractivity contribution in [1.82, 2.24) is 4.57 Å². The van der Waals surface area contributed by atoms with Crippen molar-refractivity contribution in [2.24, 2.45) is 0 Å². The maximum Gasteiger partial charge on any atom is 0.341 e. The summed E-state index contributed by atoms with van der Waals surface area (Å²) < 4.78 is 14.4. The summed E-state index contributed by atoms with van der Waals surface area (Å²) >= 11 is 0. The third kappa shape index (κ3) is 3.02. The second-order valence-corrected chi connectivity index (χ2v) is 4.86. The molecule has 0 amide bonds. The molecule has 1 N–H and O–H groups in total. The highest BCUT2D eigenvalue weighted by Gasteiger charge is 2.16. The molecule has 0 unspecified atom stereocenters. The number of carboxylic acid groups (broad SMARTS) is 1. The van der Waals surface area contributed by atoms with Gasteiger partial charge in [-0.3, -0.25) is 4.79 Å². The van der Waals surface area contributed by atoms with Crippen LogP contribution in [0.15, 0.2) is 35.1 Å². The van der Waals surface area contributed by atoms with E-state index in [0.717, 1.165) is 16.8 Å². The molecule has 110 valence electrons. The summed E-state index contributed by atoms with van der Waals surface area (Å²) in [5.41, 5.74) is 1.52. The number of benzene rings is 1. The lowest BCUT2D eigenvalue weighted by Crippen LogP contribution is -2.30. The van der Waals surface area contributed by atoms with E-state index in [0.29, 0.717) is 6.42 Å². The summed E-state index contributed by atoms with van der Waals surface area (Å²) in [5, 5.41) is 9.12. The minimum absolute atomic E-state index is 0.226. The molecule has 21 heavy (non-hydrogen) atoms. The van der Waals surface area contributed by atoms with Crippen molar-refractivity contribution in [2.75, 3.05) is 0 Å². The van der Waals surface area contributed by atoms with Gasteiger partial charge in [-0.2, -0.15) is 0 Å². The molecule has 0 radical (unpaired) electrons. The van der Waals surface area contributed by atoms with E-state index in [1.165, 1.54) is 22.8 Å². The van der Waals surface area contributed by atoms with Gasteiger partial charge in [-0.1, -0.05) is 19.1 Å². The number of carbonyl (C=O) groups is 1. The van der Waals surface area contributed by atoms with Crippen molar-refractivity contribution in [1.29, 1.82) is 0 Å². The first-order valence-corrected chi connectivity index (χ1v) is 6.65. The van der Waals surface area contributed by atoms with Crippen LogP contribution in [0.25, 0.3) is 0 Å². The Kier molecular flexibility index (Phi) is 4.21. The van der Waals surface area contributed by atoms with E-state index in [-0.39, 0.29) is 17.9 Å². The maximum atomic E-state index is 12.9. The molecule has 2 rings (SSSR count). The third-order valence-electron chi connectivity index (χ3n) is 3.44. The zero-order chi connectivity index (χ0) is 15.6. The van der Waals surface area contributed by atoms with E-state index in [1.807, 2.05) is 6.92 Å². The number of hydrogen-bond donors (Lipinski definition) is 1. The molecule has 0 spiro atoms. The molecule has 0 saturated heterocycles. The van der Waals surface area contributed by atoms with Gasteiger partial charge in [0.2, 0.25) is 0 Å². The van der Waals surface area contributed by atoms with Crippen LogP contribution in [-0.2, 0) is 13.0 Å². The molecule has 0 aliphatic heterocycles. The molecule has 1 heterocycles. The molecule has 1 aromatic carbocycles. The SMILES string of the molecule is CCc1c(C)cc(C(=O)O)c(=O)n1Cc1ccc(F)cc1. The van der Waals surface area contributed by atoms with Crippen molar-refractivity contribution >= 4 is 5.97 Å². The number of hydrogen-bond acceptors (Lipinski definition) is 2. The zero-order valence-corrected chi connectivity index (χ0v) is 11.9. The molecular weight excluding hydrogens is 273 g/mol. The molecule has 0 saturated carbocycles. The Labute approximate surface area is 121 Å². The van der Waals surface area contributed by atoms with Gasteiger partial charge in [0.1, 0.15) is 11.4 Å². The smallest absolute Gasteiger partial charge is 0.341 e. The molecule has 1 aromatic heterocycles. The number of aromatic carboxylic acids is 1. The Hall–Kier alpha value is -2.43. The molecule has 0 atom stereocenters. The number of pyridine rings is 1. The van der Waals surface area contributed by atoms with Crippen LogP contribution in [0.3, 0.4) is 0 Å². The van der Waals surface area contributed by atoms with Gasteiger partial charge in [0.15, 0.2) is 0 Å². The van der Waals surface area contributed by atoms with E-state index in [1.54, 1.807) is 19.1 Å². The Morgan fingerprint density at radius 2 is 1.90 bits per heavy atom. The second kappa shape index (κ2) is 5.91. The highest BCUT2D eigenvalue weighted by Crippen LogP contribution is 2.12. The van der Waals surface area contributed by atoms with Crippen molar-refractivity contribution < 1.29 is 14.3 Å². The maximum absolute atomic E-state index is 12.9. The summed E-state index contributed by atoms with van der Waals surface area (Å²) in [4.78, 5) is 23.5. The fraction of sp³-hybridized carbons (Fsp3) is 0.250. The molecule has 0 bridgehead atoms. The first kappa shape index (κ1) is 15.0. The van der Waals surface area contributed by atoms with Crippen molar-refractivity contribution in [3.63, 3.8) is 0 Å². The average molecular weight is 289 g/mol. The summed E-state index contributed by atoms with van der Waals surface area (Å²) in [6.07, 6.45) is 0.613. The number of rotatable bonds is 4. The normalized spacial score (nSPS) is 10.6. The Morgan fingerprint density at radius 1 is 1.29 bits per heavy atom. The van der Waals surface area contributed by atoms with Crippen LogP contribution < -0.4 is 5.56 Å². The molecular formula is C16H16FNO3. The number of halogens is 1. The third-order valence-corrected chi connectivity index (χ3v) is 3.44. The van der Waals surface area contributed by atoms with E-state index in [9.17, 15) is 14.0 Å². The minimum Gasteiger partial charge on any atom is -0.477 e. The van der Waals surface area contributed by atoms with Gasteiger partial charge in [-0.05, 0) is 42.7 Å². The predicted molar refractivity (Wildman–Crippen MR) is 77.3 cm³/mol. The lowest BCUT2D eigenvalue weighted by molar-refractivity contribution is 0.0694. The topological polar surface area (TPSA) is 59.3 Å². The van der Waals surface area contributed by atoms with E-state index < -0.39 is 11.5 Å². The predicted octanol–water partition coefficient (Wildman–Crippen LogP) is 2.60. The largest absolute Gasteiger partial charge is 0.477 e. The van der Waals surface area contributed by atoms with Crippen LogP contribution in [0.5, 0.6) is 0 Å². The fourth-order valence-electron chi connectivity index (χ4n) is 2.40. The van der Waals surface area contributed by atoms with Crippen LogP contribution >= 0.6 is 0 Å². The molecule has 0 aliphatic carbocycles. The van der Waals surface area contributed by atoms with Crippen LogP contribution in [0, 0.1) is 12.7 Å². The first-order chi connectivity index (χ1) is 9.93. The van der Waals surface area contributed by atoms with Gasteiger partial charge in [0.05, 0.1) is 6.54 Å². The quantitative estimate of drug-likeness (QED) is 0.941. The van der Waals surface area contributed by atoms with Crippen molar-refractivity contribution in [3.05, 3.63) is 68.9 Å². The van der Waals surface area contributed by atoms with Crippen LogP contribution in [-0.4, -0.2) is 15.6 Å². The second-order valence-electron chi connectivity index (χ2n) is 4.86. The van der Waals surface area contributed by atoms with Gasteiger partial charge < -0.3 is 9.67 Å². The number of aromatic nitrogens is 1. The number of carboxylic acids is 1. The van der Waals surface area contributed by atoms with E-state index in [2.05, 4.69) is 0 Å². The summed E-state index contributed by atoms with van der Waals surface area (Å²) in [6.45, 7) is 3.92. The molecule has 0 aliphatic rings. The first-order valence-electron chi connectivity index (χ1n) is 6.65. The molecule has 5 heteroatoms. The summed E-state index contributed by atoms with van der Waals surface area (Å²) in [6, 6.07) is 7.22. The van der Waals surface area contributed by atoms with Gasteiger partial charge >= 0.3 is 5.97 Å². The molecule has 4 nitrogen and oxygen atoms in total. The Bertz CT molecular complexity index is 732. The van der Waals surface area contributed by atoms with Crippen LogP contribution in [0.4, 0.5) is 4.39 Å². The number of nitrogens with zero attached hydrogens (tertiary/aromatic N) is 1. The zero-order valence-electron chi connectivity index (χ0n) is 11.9. The average Bonchev–Trinajstić information content (AvgIpc) is 2.44. The highest BCUT2D eigenvalue weighted by atomic mass is 19.1. The lowest BCUT2D eigenvalue weighted by atomic mass is 10.1. The monoisotopic (exact) mass is 289 g/mol. The lowest BCUT2D eigenvalue weighted by Gasteiger charge is -2.15. The minimum atomic E-state index is -1.24. The van der Waals surface area contributed by atoms with Crippen LogP contribution in [0.1, 0.15) is 34.1 Å². The van der Waals surface area contributed by atoms with Crippen LogP contribution in [0.2, 0.25) is 0 Å². The molecule has 0 fully saturated rings. The Morgan fingerprint density at radius 3 is 2.43 bits per heavy atom. The van der Waals surface area contributed by atoms with E-state index in [4.69, 9.17) is 5.11 Å². The van der Waals surface area contributed by atoms with Gasteiger partial charge in [-0.25, -0.2) is 9.18 Å². The van der Waals surface area contributed by atoms with Crippen molar-refractivity contribution in [3.8, 4) is 0 Å². The summed E-state index contributed by atoms with van der Waals surface area (Å²) in [7, 11) is 0. The van der Waals surface area contributed by atoms with Crippen molar-refractivity contribution in [2.45, 2.75) is 26.8 Å².